The number of amides is 2. The minimum atomic E-state index is -0.501. The fourth-order valence-corrected chi connectivity index (χ4v) is 4.82. The Kier molecular flexibility index (Phi) is 7.51. The summed E-state index contributed by atoms with van der Waals surface area (Å²) in [6, 6.07) is 4.46. The highest BCUT2D eigenvalue weighted by Crippen LogP contribution is 2.35. The molecule has 12 heteroatoms. The standard InChI is InChI=1S/C23H27BrN6O5/c1-14-12-29(5-6-35-14)23(32)19-8-16(24)9-20(30(33)34)21(19)27-17-3-4-28(13-17)22(31)15-7-18(25-2)11-26-10-15/h7-11,14,17,25,27H,3-6,12-13H2,1-2H3/t14-,17?/m1/s1. The number of carbonyl (C=O) groups is 2. The summed E-state index contributed by atoms with van der Waals surface area (Å²) in [4.78, 5) is 45.2. The van der Waals surface area contributed by atoms with Crippen molar-refractivity contribution in [3.05, 3.63) is 56.3 Å². The third-order valence-corrected chi connectivity index (χ3v) is 6.59. The number of nitro benzene ring substituents is 1. The van der Waals surface area contributed by atoms with Gasteiger partial charge < -0.3 is 25.2 Å². The van der Waals surface area contributed by atoms with E-state index in [1.807, 2.05) is 6.92 Å². The topological polar surface area (TPSA) is 130 Å². The van der Waals surface area contributed by atoms with Crippen LogP contribution in [-0.2, 0) is 4.74 Å². The molecular formula is C23H27BrN6O5. The van der Waals surface area contributed by atoms with E-state index in [9.17, 15) is 19.7 Å². The van der Waals surface area contributed by atoms with E-state index in [2.05, 4.69) is 31.5 Å². The van der Waals surface area contributed by atoms with E-state index in [-0.39, 0.29) is 40.9 Å². The number of carbonyl (C=O) groups excluding carboxylic acids is 2. The number of nitrogens with zero attached hydrogens (tertiary/aromatic N) is 4. The molecule has 4 rings (SSSR count). The van der Waals surface area contributed by atoms with Gasteiger partial charge in [0.1, 0.15) is 5.69 Å². The number of benzene rings is 1. The lowest BCUT2D eigenvalue weighted by Crippen LogP contribution is -2.44. The quantitative estimate of drug-likeness (QED) is 0.417. The number of aromatic nitrogens is 1. The fraction of sp³-hybridized carbons (Fsp3) is 0.435. The summed E-state index contributed by atoms with van der Waals surface area (Å²) >= 11 is 3.31. The van der Waals surface area contributed by atoms with Crippen LogP contribution in [0.4, 0.5) is 17.1 Å². The lowest BCUT2D eigenvalue weighted by atomic mass is 10.1. The molecule has 2 saturated heterocycles. The highest BCUT2D eigenvalue weighted by molar-refractivity contribution is 9.10. The number of pyridine rings is 1. The summed E-state index contributed by atoms with van der Waals surface area (Å²) < 4.78 is 5.97. The van der Waals surface area contributed by atoms with Crippen molar-refractivity contribution in [1.29, 1.82) is 0 Å². The molecule has 0 radical (unpaired) electrons. The summed E-state index contributed by atoms with van der Waals surface area (Å²) in [5.41, 5.74) is 1.39. The van der Waals surface area contributed by atoms with Crippen LogP contribution in [0.2, 0.25) is 0 Å². The molecule has 0 spiro atoms. The Labute approximate surface area is 211 Å². The van der Waals surface area contributed by atoms with Gasteiger partial charge in [-0.1, -0.05) is 15.9 Å². The van der Waals surface area contributed by atoms with Crippen molar-refractivity contribution in [3.8, 4) is 0 Å². The smallest absolute Gasteiger partial charge is 0.294 e. The Morgan fingerprint density at radius 1 is 1.17 bits per heavy atom. The summed E-state index contributed by atoms with van der Waals surface area (Å²) in [7, 11) is 1.75. The lowest BCUT2D eigenvalue weighted by molar-refractivity contribution is -0.384. The van der Waals surface area contributed by atoms with Crippen molar-refractivity contribution in [2.24, 2.45) is 0 Å². The first kappa shape index (κ1) is 24.9. The second kappa shape index (κ2) is 10.6. The number of likely N-dealkylation sites (tertiary alicyclic amines) is 1. The lowest BCUT2D eigenvalue weighted by Gasteiger charge is -2.32. The molecule has 1 aromatic heterocycles. The van der Waals surface area contributed by atoms with Gasteiger partial charge in [0.05, 0.1) is 34.4 Å². The molecule has 2 aliphatic rings. The molecule has 3 heterocycles. The Morgan fingerprint density at radius 3 is 2.66 bits per heavy atom. The normalized spacial score (nSPS) is 20.0. The number of morpholine rings is 1. The van der Waals surface area contributed by atoms with Gasteiger partial charge in [-0.15, -0.1) is 0 Å². The van der Waals surface area contributed by atoms with Gasteiger partial charge in [-0.3, -0.25) is 24.7 Å². The predicted molar refractivity (Wildman–Crippen MR) is 134 cm³/mol. The van der Waals surface area contributed by atoms with Crippen LogP contribution in [-0.4, -0.2) is 83.5 Å². The van der Waals surface area contributed by atoms with Crippen molar-refractivity contribution >= 4 is 44.8 Å². The van der Waals surface area contributed by atoms with E-state index in [1.54, 1.807) is 35.2 Å². The summed E-state index contributed by atoms with van der Waals surface area (Å²) in [5, 5.41) is 18.1. The molecule has 2 amide bonds. The Morgan fingerprint density at radius 2 is 1.94 bits per heavy atom. The largest absolute Gasteiger partial charge is 0.387 e. The van der Waals surface area contributed by atoms with Crippen LogP contribution in [0.1, 0.15) is 34.1 Å². The van der Waals surface area contributed by atoms with Gasteiger partial charge in [0.25, 0.3) is 17.5 Å². The fourth-order valence-electron chi connectivity index (χ4n) is 4.37. The van der Waals surface area contributed by atoms with Gasteiger partial charge in [-0.2, -0.15) is 0 Å². The molecule has 2 N–H and O–H groups in total. The van der Waals surface area contributed by atoms with Crippen LogP contribution in [0.25, 0.3) is 0 Å². The number of nitro groups is 1. The van der Waals surface area contributed by atoms with E-state index in [4.69, 9.17) is 4.74 Å². The molecule has 1 unspecified atom stereocenters. The molecule has 0 saturated carbocycles. The first-order valence-electron chi connectivity index (χ1n) is 11.3. The summed E-state index contributed by atoms with van der Waals surface area (Å²) in [6.45, 7) is 3.94. The zero-order valence-electron chi connectivity index (χ0n) is 19.5. The second-order valence-electron chi connectivity index (χ2n) is 8.63. The minimum Gasteiger partial charge on any atom is -0.387 e. The highest BCUT2D eigenvalue weighted by atomic mass is 79.9. The third kappa shape index (κ3) is 5.54. The number of halogens is 1. The molecule has 11 nitrogen and oxygen atoms in total. The zero-order chi connectivity index (χ0) is 25.1. The van der Waals surface area contributed by atoms with E-state index >= 15 is 0 Å². The first-order valence-corrected chi connectivity index (χ1v) is 12.1. The van der Waals surface area contributed by atoms with Gasteiger partial charge >= 0.3 is 0 Å². The van der Waals surface area contributed by atoms with Gasteiger partial charge in [0.2, 0.25) is 0 Å². The summed E-state index contributed by atoms with van der Waals surface area (Å²) in [5.74, 6) is -0.462. The van der Waals surface area contributed by atoms with Crippen LogP contribution < -0.4 is 10.6 Å². The van der Waals surface area contributed by atoms with E-state index in [0.717, 1.165) is 5.69 Å². The van der Waals surface area contributed by atoms with Crippen LogP contribution in [0.15, 0.2) is 35.1 Å². The van der Waals surface area contributed by atoms with Gasteiger partial charge in [-0.05, 0) is 25.5 Å². The molecule has 2 aromatic rings. The Hall–Kier alpha value is -3.25. The number of hydrogen-bond donors (Lipinski definition) is 2. The number of anilines is 2. The van der Waals surface area contributed by atoms with E-state index < -0.39 is 4.92 Å². The number of nitrogens with one attached hydrogen (secondary N) is 2. The number of rotatable bonds is 6. The predicted octanol–water partition coefficient (Wildman–Crippen LogP) is 2.98. The first-order chi connectivity index (χ1) is 16.8. The van der Waals surface area contributed by atoms with Crippen molar-refractivity contribution in [3.63, 3.8) is 0 Å². The SMILES string of the molecule is CNc1cncc(C(=O)N2CCC(Nc3c(C(=O)N4CCO[C@H](C)C4)cc(Br)cc3[N+](=O)[O-])C2)c1. The third-order valence-electron chi connectivity index (χ3n) is 6.14. The number of ether oxygens (including phenoxy) is 1. The molecule has 186 valence electrons. The monoisotopic (exact) mass is 546 g/mol. The summed E-state index contributed by atoms with van der Waals surface area (Å²) in [6.07, 6.45) is 3.62. The molecule has 0 aliphatic carbocycles. The maximum atomic E-state index is 13.4. The van der Waals surface area contributed by atoms with Gasteiger partial charge in [0.15, 0.2) is 0 Å². The second-order valence-corrected chi connectivity index (χ2v) is 9.55. The molecule has 2 aliphatic heterocycles. The zero-order valence-corrected chi connectivity index (χ0v) is 21.1. The average Bonchev–Trinajstić information content (AvgIpc) is 3.32. The maximum absolute atomic E-state index is 13.4. The minimum absolute atomic E-state index is 0.114. The van der Waals surface area contributed by atoms with Crippen LogP contribution in [0, 0.1) is 10.1 Å². The van der Waals surface area contributed by atoms with Crippen LogP contribution >= 0.6 is 15.9 Å². The van der Waals surface area contributed by atoms with E-state index in [0.29, 0.717) is 49.2 Å². The molecule has 1 aromatic carbocycles. The molecule has 35 heavy (non-hydrogen) atoms. The molecule has 2 fully saturated rings. The number of hydrogen-bond acceptors (Lipinski definition) is 8. The molecular weight excluding hydrogens is 520 g/mol. The van der Waals surface area contributed by atoms with Crippen molar-refractivity contribution in [2.75, 3.05) is 50.5 Å². The van der Waals surface area contributed by atoms with Gasteiger partial charge in [-0.25, -0.2) is 0 Å². The Bertz CT molecular complexity index is 1150. The highest BCUT2D eigenvalue weighted by Gasteiger charge is 2.33. The molecule has 0 bridgehead atoms. The van der Waals surface area contributed by atoms with Crippen LogP contribution in [0.5, 0.6) is 0 Å². The molecule has 2 atom stereocenters. The van der Waals surface area contributed by atoms with Crippen molar-refractivity contribution < 1.29 is 19.2 Å². The van der Waals surface area contributed by atoms with E-state index in [1.165, 1.54) is 12.3 Å². The van der Waals surface area contributed by atoms with Crippen molar-refractivity contribution in [1.82, 2.24) is 14.8 Å². The average molecular weight is 547 g/mol. The van der Waals surface area contributed by atoms with Crippen molar-refractivity contribution in [2.45, 2.75) is 25.5 Å². The van der Waals surface area contributed by atoms with Gasteiger partial charge in [0, 0.05) is 62.2 Å². The Balaban J connectivity index is 1.57. The maximum Gasteiger partial charge on any atom is 0.294 e. The van der Waals surface area contributed by atoms with Crippen LogP contribution in [0.3, 0.4) is 0 Å².